The van der Waals surface area contributed by atoms with Crippen molar-refractivity contribution in [3.05, 3.63) is 59.2 Å². The normalized spacial score (nSPS) is 12.1. The second-order valence-corrected chi connectivity index (χ2v) is 4.80. The zero-order valence-electron chi connectivity index (χ0n) is 11.8. The summed E-state index contributed by atoms with van der Waals surface area (Å²) in [6.45, 7) is 1.28. The molecule has 0 aliphatic heterocycles. The van der Waals surface area contributed by atoms with Gasteiger partial charge in [0.05, 0.1) is 22.5 Å². The molecule has 0 bridgehead atoms. The summed E-state index contributed by atoms with van der Waals surface area (Å²) in [4.78, 5) is 0. The maximum atomic E-state index is 12.8. The summed E-state index contributed by atoms with van der Waals surface area (Å²) in [5.41, 5.74) is 3.46. The first-order valence-electron chi connectivity index (χ1n) is 6.45. The summed E-state index contributed by atoms with van der Waals surface area (Å²) in [5, 5.41) is 0. The lowest BCUT2D eigenvalue weighted by molar-refractivity contribution is -0.138. The van der Waals surface area contributed by atoms with Gasteiger partial charge >= 0.3 is 12.4 Å². The first-order valence-corrected chi connectivity index (χ1v) is 6.45. The van der Waals surface area contributed by atoms with Gasteiger partial charge in [-0.05, 0) is 42.8 Å². The van der Waals surface area contributed by atoms with Crippen LogP contribution in [0.4, 0.5) is 37.7 Å². The molecule has 2 N–H and O–H groups in total. The van der Waals surface area contributed by atoms with E-state index in [9.17, 15) is 26.3 Å². The molecule has 2 aromatic carbocycles. The first kappa shape index (κ1) is 17.0. The molecule has 0 unspecified atom stereocenters. The van der Waals surface area contributed by atoms with Gasteiger partial charge in [-0.3, -0.25) is 0 Å². The van der Waals surface area contributed by atoms with Crippen molar-refractivity contribution in [3.63, 3.8) is 0 Å². The summed E-state index contributed by atoms with van der Waals surface area (Å²) in [7, 11) is 0. The van der Waals surface area contributed by atoms with Crippen molar-refractivity contribution in [1.82, 2.24) is 0 Å². The van der Waals surface area contributed by atoms with E-state index in [1.807, 2.05) is 0 Å². The van der Waals surface area contributed by atoms with E-state index in [2.05, 4.69) is 10.9 Å². The predicted molar refractivity (Wildman–Crippen MR) is 74.9 cm³/mol. The summed E-state index contributed by atoms with van der Waals surface area (Å²) >= 11 is 0. The van der Waals surface area contributed by atoms with Crippen LogP contribution in [0.5, 0.6) is 0 Å². The zero-order valence-corrected chi connectivity index (χ0v) is 11.8. The Kier molecular flexibility index (Phi) is 4.44. The maximum Gasteiger partial charge on any atom is 0.416 e. The quantitative estimate of drug-likeness (QED) is 0.574. The van der Waals surface area contributed by atoms with Crippen LogP contribution in [0.15, 0.2) is 42.5 Å². The third-order valence-corrected chi connectivity index (χ3v) is 3.17. The molecule has 0 saturated carbocycles. The Morgan fingerprint density at radius 1 is 0.783 bits per heavy atom. The number of hydrogen-bond donors (Lipinski definition) is 2. The minimum absolute atomic E-state index is 0.0560. The van der Waals surface area contributed by atoms with E-state index < -0.39 is 23.5 Å². The highest BCUT2D eigenvalue weighted by atomic mass is 19.4. The van der Waals surface area contributed by atoms with Gasteiger partial charge in [0.25, 0.3) is 0 Å². The molecule has 124 valence electrons. The van der Waals surface area contributed by atoms with Crippen LogP contribution in [0, 0.1) is 6.92 Å². The van der Waals surface area contributed by atoms with E-state index in [-0.39, 0.29) is 16.9 Å². The third kappa shape index (κ3) is 4.08. The van der Waals surface area contributed by atoms with Gasteiger partial charge in [-0.15, -0.1) is 0 Å². The number of hydrazine groups is 1. The van der Waals surface area contributed by atoms with Crippen LogP contribution in [-0.2, 0) is 12.4 Å². The van der Waals surface area contributed by atoms with Crippen LogP contribution in [0.25, 0.3) is 0 Å². The number of rotatable bonds is 3. The summed E-state index contributed by atoms with van der Waals surface area (Å²) in [5.74, 6) is 0. The lowest BCUT2D eigenvalue weighted by Crippen LogP contribution is -2.14. The molecular formula is C15H12F6N2. The van der Waals surface area contributed by atoms with Gasteiger partial charge in [-0.1, -0.05) is 12.1 Å². The van der Waals surface area contributed by atoms with Crippen molar-refractivity contribution in [2.24, 2.45) is 0 Å². The van der Waals surface area contributed by atoms with E-state index in [1.165, 1.54) is 31.2 Å². The van der Waals surface area contributed by atoms with Gasteiger partial charge in [-0.25, -0.2) is 0 Å². The summed E-state index contributed by atoms with van der Waals surface area (Å²) < 4.78 is 76.2. The molecule has 0 fully saturated rings. The van der Waals surface area contributed by atoms with Crippen molar-refractivity contribution in [2.75, 3.05) is 10.9 Å². The average molecular weight is 334 g/mol. The molecule has 0 aliphatic carbocycles. The maximum absolute atomic E-state index is 12.8. The lowest BCUT2D eigenvalue weighted by Gasteiger charge is -2.17. The molecule has 0 atom stereocenters. The van der Waals surface area contributed by atoms with Crippen LogP contribution < -0.4 is 10.9 Å². The number of nitrogens with one attached hydrogen (secondary N) is 2. The fourth-order valence-electron chi connectivity index (χ4n) is 1.99. The average Bonchev–Trinajstić information content (AvgIpc) is 2.44. The molecule has 0 amide bonds. The Hall–Kier alpha value is -2.38. The van der Waals surface area contributed by atoms with Crippen molar-refractivity contribution in [2.45, 2.75) is 19.3 Å². The van der Waals surface area contributed by atoms with E-state index in [1.54, 1.807) is 0 Å². The number of alkyl halides is 6. The molecule has 0 radical (unpaired) electrons. The molecule has 0 spiro atoms. The van der Waals surface area contributed by atoms with E-state index in [0.717, 1.165) is 18.2 Å². The molecule has 0 aliphatic rings. The highest BCUT2D eigenvalue weighted by molar-refractivity contribution is 5.59. The van der Waals surface area contributed by atoms with Crippen LogP contribution >= 0.6 is 0 Å². The lowest BCUT2D eigenvalue weighted by atomic mass is 10.1. The first-order chi connectivity index (χ1) is 10.6. The fraction of sp³-hybridized carbons (Fsp3) is 0.200. The van der Waals surface area contributed by atoms with Crippen LogP contribution in [0.3, 0.4) is 0 Å². The largest absolute Gasteiger partial charge is 0.416 e. The van der Waals surface area contributed by atoms with Crippen molar-refractivity contribution >= 4 is 11.4 Å². The second-order valence-electron chi connectivity index (χ2n) is 4.80. The van der Waals surface area contributed by atoms with Gasteiger partial charge < -0.3 is 10.9 Å². The standard InChI is InChI=1S/C15H12F6N2/c1-9-12(15(19,20)21)6-3-7-13(9)23-22-11-5-2-4-10(8-11)14(16,17)18/h2-8,22-23H,1H3. The van der Waals surface area contributed by atoms with E-state index >= 15 is 0 Å². The van der Waals surface area contributed by atoms with Gasteiger partial charge in [-0.2, -0.15) is 26.3 Å². The Morgan fingerprint density at radius 3 is 2.04 bits per heavy atom. The number of hydrogen-bond acceptors (Lipinski definition) is 2. The zero-order chi connectivity index (χ0) is 17.3. The molecule has 2 rings (SSSR count). The van der Waals surface area contributed by atoms with Gasteiger partial charge in [0.2, 0.25) is 0 Å². The van der Waals surface area contributed by atoms with Gasteiger partial charge in [0.15, 0.2) is 0 Å². The molecular weight excluding hydrogens is 322 g/mol. The monoisotopic (exact) mass is 334 g/mol. The molecule has 0 saturated heterocycles. The second kappa shape index (κ2) is 6.02. The van der Waals surface area contributed by atoms with Crippen molar-refractivity contribution in [1.29, 1.82) is 0 Å². The van der Waals surface area contributed by atoms with E-state index in [4.69, 9.17) is 0 Å². The van der Waals surface area contributed by atoms with Crippen molar-refractivity contribution in [3.8, 4) is 0 Å². The third-order valence-electron chi connectivity index (χ3n) is 3.17. The number of benzene rings is 2. The minimum atomic E-state index is -4.50. The van der Waals surface area contributed by atoms with Gasteiger partial charge in [0, 0.05) is 0 Å². The summed E-state index contributed by atoms with van der Waals surface area (Å²) in [6.07, 6.45) is -9.00. The predicted octanol–water partition coefficient (Wildman–Crippen LogP) is 5.47. The number of halogens is 6. The highest BCUT2D eigenvalue weighted by Gasteiger charge is 2.33. The SMILES string of the molecule is Cc1c(NNc2cccc(C(F)(F)F)c2)cccc1C(F)(F)F. The fourth-order valence-corrected chi connectivity index (χ4v) is 1.99. The van der Waals surface area contributed by atoms with E-state index in [0.29, 0.717) is 0 Å². The van der Waals surface area contributed by atoms with Gasteiger partial charge in [0.1, 0.15) is 0 Å². The Balaban J connectivity index is 2.19. The number of anilines is 2. The molecule has 0 heterocycles. The molecule has 2 nitrogen and oxygen atoms in total. The summed E-state index contributed by atoms with van der Waals surface area (Å²) in [6, 6.07) is 7.87. The highest BCUT2D eigenvalue weighted by Crippen LogP contribution is 2.35. The Morgan fingerprint density at radius 2 is 1.43 bits per heavy atom. The molecule has 2 aromatic rings. The minimum Gasteiger partial charge on any atom is -0.301 e. The van der Waals surface area contributed by atoms with Crippen LogP contribution in [-0.4, -0.2) is 0 Å². The van der Waals surface area contributed by atoms with Crippen LogP contribution in [0.1, 0.15) is 16.7 Å². The molecule has 23 heavy (non-hydrogen) atoms. The molecule has 0 aromatic heterocycles. The Labute approximate surface area is 128 Å². The smallest absolute Gasteiger partial charge is 0.301 e. The Bertz CT molecular complexity index is 691. The molecule has 8 heteroatoms. The topological polar surface area (TPSA) is 24.1 Å². The van der Waals surface area contributed by atoms with Crippen molar-refractivity contribution < 1.29 is 26.3 Å². The van der Waals surface area contributed by atoms with Crippen LogP contribution in [0.2, 0.25) is 0 Å².